The monoisotopic (exact) mass is 286 g/mol. The molecule has 5 nitrogen and oxygen atoms in total. The lowest BCUT2D eigenvalue weighted by Gasteiger charge is -2.46. The summed E-state index contributed by atoms with van der Waals surface area (Å²) >= 11 is 0. The van der Waals surface area contributed by atoms with Crippen molar-refractivity contribution in [2.24, 2.45) is 17.1 Å². The number of nitrogens with zero attached hydrogens (tertiary/aromatic N) is 1. The summed E-state index contributed by atoms with van der Waals surface area (Å²) in [5, 5.41) is 9.48. The van der Waals surface area contributed by atoms with Gasteiger partial charge in [-0.1, -0.05) is 13.8 Å². The second-order valence-electron chi connectivity index (χ2n) is 7.56. The number of hydrogen-bond donors (Lipinski definition) is 2. The molecule has 1 fully saturated rings. The number of nitrogens with two attached hydrogens (primary N) is 1. The van der Waals surface area contributed by atoms with Crippen LogP contribution in [0, 0.1) is 11.3 Å². The fourth-order valence-corrected chi connectivity index (χ4v) is 2.72. The van der Waals surface area contributed by atoms with Crippen LogP contribution in [0.25, 0.3) is 0 Å². The minimum absolute atomic E-state index is 0.000886. The zero-order chi connectivity index (χ0) is 15.6. The van der Waals surface area contributed by atoms with Crippen LogP contribution in [0.15, 0.2) is 0 Å². The third kappa shape index (κ3) is 4.63. The lowest BCUT2D eigenvalue weighted by molar-refractivity contribution is -0.0227. The van der Waals surface area contributed by atoms with Gasteiger partial charge in [-0.2, -0.15) is 0 Å². The molecule has 20 heavy (non-hydrogen) atoms. The van der Waals surface area contributed by atoms with Crippen molar-refractivity contribution < 1.29 is 14.6 Å². The van der Waals surface area contributed by atoms with E-state index in [4.69, 9.17) is 10.5 Å². The van der Waals surface area contributed by atoms with Gasteiger partial charge in [0.1, 0.15) is 5.60 Å². The second-order valence-corrected chi connectivity index (χ2v) is 7.56. The van der Waals surface area contributed by atoms with Crippen molar-refractivity contribution in [2.75, 3.05) is 19.7 Å². The van der Waals surface area contributed by atoms with Gasteiger partial charge in [-0.3, -0.25) is 0 Å². The highest BCUT2D eigenvalue weighted by Crippen LogP contribution is 2.35. The molecule has 0 radical (unpaired) electrons. The van der Waals surface area contributed by atoms with Crippen LogP contribution in [0.4, 0.5) is 4.79 Å². The van der Waals surface area contributed by atoms with E-state index in [0.29, 0.717) is 13.1 Å². The molecule has 0 saturated carbocycles. The number of aliphatic hydroxyl groups excluding tert-OH is 1. The Balaban J connectivity index is 2.90. The van der Waals surface area contributed by atoms with E-state index in [9.17, 15) is 9.90 Å². The zero-order valence-corrected chi connectivity index (χ0v) is 13.5. The molecule has 1 aliphatic heterocycles. The molecule has 0 aromatic rings. The highest BCUT2D eigenvalue weighted by molar-refractivity contribution is 5.69. The molecule has 3 N–H and O–H groups in total. The number of carbonyl (C=O) groups excluding carboxylic acids is 1. The Morgan fingerprint density at radius 3 is 2.55 bits per heavy atom. The molecule has 2 unspecified atom stereocenters. The molecule has 2 atom stereocenters. The van der Waals surface area contributed by atoms with E-state index in [2.05, 4.69) is 13.8 Å². The van der Waals surface area contributed by atoms with Crippen LogP contribution in [0.5, 0.6) is 0 Å². The topological polar surface area (TPSA) is 75.8 Å². The van der Waals surface area contributed by atoms with Crippen LogP contribution in [0.1, 0.15) is 47.5 Å². The summed E-state index contributed by atoms with van der Waals surface area (Å²) in [5.74, 6) is -0.0846. The number of hydrogen-bond acceptors (Lipinski definition) is 4. The van der Waals surface area contributed by atoms with Gasteiger partial charge < -0.3 is 20.5 Å². The van der Waals surface area contributed by atoms with Gasteiger partial charge in [0.15, 0.2) is 0 Å². The Kier molecular flexibility index (Phi) is 5.44. The van der Waals surface area contributed by atoms with Gasteiger partial charge >= 0.3 is 6.09 Å². The number of rotatable bonds is 3. The van der Waals surface area contributed by atoms with E-state index in [1.165, 1.54) is 0 Å². The smallest absolute Gasteiger partial charge is 0.410 e. The number of piperidine rings is 1. The summed E-state index contributed by atoms with van der Waals surface area (Å²) in [7, 11) is 0. The van der Waals surface area contributed by atoms with Crippen molar-refractivity contribution in [3.05, 3.63) is 0 Å². The minimum atomic E-state index is -0.513. The Bertz CT molecular complexity index is 333. The van der Waals surface area contributed by atoms with Crippen molar-refractivity contribution >= 4 is 6.09 Å². The molecule has 1 saturated heterocycles. The van der Waals surface area contributed by atoms with Crippen LogP contribution in [0.3, 0.4) is 0 Å². The summed E-state index contributed by atoms with van der Waals surface area (Å²) in [6.45, 7) is 10.9. The fraction of sp³-hybridized carbons (Fsp3) is 0.933. The summed E-state index contributed by atoms with van der Waals surface area (Å²) in [6.07, 6.45) is 1.57. The molecule has 1 amide bonds. The fourth-order valence-electron chi connectivity index (χ4n) is 2.72. The molecule has 0 bridgehead atoms. The van der Waals surface area contributed by atoms with E-state index in [1.807, 2.05) is 20.8 Å². The third-order valence-corrected chi connectivity index (χ3v) is 3.83. The van der Waals surface area contributed by atoms with Gasteiger partial charge in [-0.05, 0) is 45.6 Å². The van der Waals surface area contributed by atoms with Crippen LogP contribution in [-0.2, 0) is 4.74 Å². The molecule has 1 rings (SSSR count). The molecule has 0 aliphatic carbocycles. The maximum absolute atomic E-state index is 12.4. The lowest BCUT2D eigenvalue weighted by atomic mass is 9.78. The number of ether oxygens (including phenoxy) is 1. The highest BCUT2D eigenvalue weighted by Gasteiger charge is 2.40. The van der Waals surface area contributed by atoms with Gasteiger partial charge in [0.05, 0.1) is 0 Å². The lowest BCUT2D eigenvalue weighted by Crippen LogP contribution is -2.55. The van der Waals surface area contributed by atoms with Crippen LogP contribution in [-0.4, -0.2) is 47.4 Å². The Morgan fingerprint density at radius 2 is 2.10 bits per heavy atom. The van der Waals surface area contributed by atoms with Gasteiger partial charge in [0, 0.05) is 25.1 Å². The van der Waals surface area contributed by atoms with E-state index in [0.717, 1.165) is 12.8 Å². The van der Waals surface area contributed by atoms with Gasteiger partial charge in [-0.15, -0.1) is 0 Å². The number of aliphatic hydroxyl groups is 1. The van der Waals surface area contributed by atoms with Gasteiger partial charge in [-0.25, -0.2) is 4.79 Å². The van der Waals surface area contributed by atoms with E-state index in [1.54, 1.807) is 4.90 Å². The largest absolute Gasteiger partial charge is 0.444 e. The highest BCUT2D eigenvalue weighted by atomic mass is 16.6. The first kappa shape index (κ1) is 17.2. The molecule has 5 heteroatoms. The van der Waals surface area contributed by atoms with Crippen molar-refractivity contribution in [3.8, 4) is 0 Å². The first-order chi connectivity index (χ1) is 9.09. The first-order valence-electron chi connectivity index (χ1n) is 7.40. The van der Waals surface area contributed by atoms with E-state index < -0.39 is 5.60 Å². The van der Waals surface area contributed by atoms with E-state index >= 15 is 0 Å². The summed E-state index contributed by atoms with van der Waals surface area (Å²) < 4.78 is 5.50. The second kappa shape index (κ2) is 6.31. The maximum Gasteiger partial charge on any atom is 0.410 e. The quantitative estimate of drug-likeness (QED) is 0.832. The predicted molar refractivity (Wildman–Crippen MR) is 79.4 cm³/mol. The van der Waals surface area contributed by atoms with Crippen molar-refractivity contribution in [2.45, 2.75) is 59.1 Å². The SMILES string of the molecule is CC1(C)CCC(C(CN)CO)N(C(=O)OC(C)(C)C)C1. The average molecular weight is 286 g/mol. The average Bonchev–Trinajstić information content (AvgIpc) is 2.29. The summed E-state index contributed by atoms with van der Waals surface area (Å²) in [6, 6.07) is -0.0344. The molecule has 0 aromatic carbocycles. The molecule has 0 aromatic heterocycles. The maximum atomic E-state index is 12.4. The Morgan fingerprint density at radius 1 is 1.50 bits per heavy atom. The molecule has 1 aliphatic rings. The summed E-state index contributed by atoms with van der Waals surface area (Å²) in [5.41, 5.74) is 5.29. The Labute approximate surface area is 122 Å². The molecule has 1 heterocycles. The van der Waals surface area contributed by atoms with Gasteiger partial charge in [0.2, 0.25) is 0 Å². The standard InChI is InChI=1S/C15H30N2O3/c1-14(2,3)20-13(19)17-10-15(4,5)7-6-12(17)11(8-16)9-18/h11-12,18H,6-10,16H2,1-5H3. The summed E-state index contributed by atoms with van der Waals surface area (Å²) in [4.78, 5) is 14.2. The van der Waals surface area contributed by atoms with Gasteiger partial charge in [0.25, 0.3) is 0 Å². The Hall–Kier alpha value is -0.810. The number of amides is 1. The first-order valence-corrected chi connectivity index (χ1v) is 7.40. The van der Waals surface area contributed by atoms with Crippen LogP contribution < -0.4 is 5.73 Å². The van der Waals surface area contributed by atoms with E-state index in [-0.39, 0.29) is 30.1 Å². The minimum Gasteiger partial charge on any atom is -0.444 e. The molecular weight excluding hydrogens is 256 g/mol. The van der Waals surface area contributed by atoms with Crippen molar-refractivity contribution in [1.29, 1.82) is 0 Å². The van der Waals surface area contributed by atoms with Crippen LogP contribution >= 0.6 is 0 Å². The van der Waals surface area contributed by atoms with Crippen molar-refractivity contribution in [3.63, 3.8) is 0 Å². The number of likely N-dealkylation sites (tertiary alicyclic amines) is 1. The number of carbonyl (C=O) groups is 1. The molecule has 0 spiro atoms. The molecule has 118 valence electrons. The zero-order valence-electron chi connectivity index (χ0n) is 13.5. The normalized spacial score (nSPS) is 24.4. The third-order valence-electron chi connectivity index (χ3n) is 3.83. The predicted octanol–water partition coefficient (Wildman–Crippen LogP) is 1.98. The molecular formula is C15H30N2O3. The van der Waals surface area contributed by atoms with Crippen LogP contribution in [0.2, 0.25) is 0 Å². The van der Waals surface area contributed by atoms with Crippen molar-refractivity contribution in [1.82, 2.24) is 4.90 Å².